The lowest BCUT2D eigenvalue weighted by Gasteiger charge is -2.37. The number of nitrogens with two attached hydrogens (primary N) is 1. The molecule has 104 valence electrons. The largest absolute Gasteiger partial charge is 0.409 e. The van der Waals surface area contributed by atoms with Crippen LogP contribution in [0.1, 0.15) is 46.5 Å². The van der Waals surface area contributed by atoms with Crippen molar-refractivity contribution < 1.29 is 10.0 Å². The third kappa shape index (κ3) is 2.94. The van der Waals surface area contributed by atoms with Gasteiger partial charge in [0.05, 0.1) is 0 Å². The van der Waals surface area contributed by atoms with Gasteiger partial charge in [0.2, 0.25) is 5.91 Å². The van der Waals surface area contributed by atoms with Crippen LogP contribution < -0.4 is 5.73 Å². The van der Waals surface area contributed by atoms with Gasteiger partial charge >= 0.3 is 0 Å². The summed E-state index contributed by atoms with van der Waals surface area (Å²) < 4.78 is 0. The first-order valence-corrected chi connectivity index (χ1v) is 6.56. The highest BCUT2D eigenvalue weighted by atomic mass is 16.4. The van der Waals surface area contributed by atoms with E-state index in [0.717, 1.165) is 31.6 Å². The van der Waals surface area contributed by atoms with E-state index in [4.69, 9.17) is 10.9 Å². The van der Waals surface area contributed by atoms with E-state index in [9.17, 15) is 4.79 Å². The Morgan fingerprint density at radius 1 is 1.33 bits per heavy atom. The van der Waals surface area contributed by atoms with E-state index in [-0.39, 0.29) is 17.8 Å². The van der Waals surface area contributed by atoms with Crippen molar-refractivity contribution in [2.75, 3.05) is 7.05 Å². The minimum Gasteiger partial charge on any atom is -0.409 e. The van der Waals surface area contributed by atoms with Crippen LogP contribution in [0, 0.1) is 11.3 Å². The molecule has 18 heavy (non-hydrogen) atoms. The molecule has 5 heteroatoms. The van der Waals surface area contributed by atoms with Gasteiger partial charge in [0.1, 0.15) is 5.41 Å². The van der Waals surface area contributed by atoms with E-state index >= 15 is 0 Å². The molecule has 1 saturated carbocycles. The Morgan fingerprint density at radius 3 is 2.28 bits per heavy atom. The standard InChI is InChI=1S/C13H25N3O2/c1-9-5-7-10(8-6-9)16(4)12(17)13(2,3)11(14)15-18/h9-10,18H,5-8H2,1-4H3,(H2,14,15). The van der Waals surface area contributed by atoms with Crippen LogP contribution in [0.5, 0.6) is 0 Å². The van der Waals surface area contributed by atoms with E-state index in [2.05, 4.69) is 12.1 Å². The first kappa shape index (κ1) is 14.8. The molecule has 0 aromatic heterocycles. The smallest absolute Gasteiger partial charge is 0.235 e. The zero-order chi connectivity index (χ0) is 13.9. The summed E-state index contributed by atoms with van der Waals surface area (Å²) in [6.45, 7) is 5.62. The quantitative estimate of drug-likeness (QED) is 0.349. The summed E-state index contributed by atoms with van der Waals surface area (Å²) in [5, 5.41) is 11.7. The van der Waals surface area contributed by atoms with E-state index in [0.29, 0.717) is 0 Å². The molecule has 5 nitrogen and oxygen atoms in total. The van der Waals surface area contributed by atoms with Crippen molar-refractivity contribution in [3.05, 3.63) is 0 Å². The summed E-state index contributed by atoms with van der Waals surface area (Å²) in [6, 6.07) is 0.277. The van der Waals surface area contributed by atoms with Crippen molar-refractivity contribution in [3.63, 3.8) is 0 Å². The second kappa shape index (κ2) is 5.59. The minimum absolute atomic E-state index is 0.0384. The van der Waals surface area contributed by atoms with Gasteiger partial charge in [-0.1, -0.05) is 12.1 Å². The molecule has 0 radical (unpaired) electrons. The first-order valence-electron chi connectivity index (χ1n) is 6.56. The molecule has 0 atom stereocenters. The van der Waals surface area contributed by atoms with Crippen LogP contribution in [0.3, 0.4) is 0 Å². The molecule has 0 unspecified atom stereocenters. The monoisotopic (exact) mass is 255 g/mol. The van der Waals surface area contributed by atoms with Crippen LogP contribution in [0.2, 0.25) is 0 Å². The van der Waals surface area contributed by atoms with Gasteiger partial charge in [0.15, 0.2) is 5.84 Å². The average molecular weight is 255 g/mol. The van der Waals surface area contributed by atoms with Crippen LogP contribution >= 0.6 is 0 Å². The SMILES string of the molecule is CC1CCC(N(C)C(=O)C(C)(C)C(N)=NO)CC1. The maximum Gasteiger partial charge on any atom is 0.235 e. The number of rotatable bonds is 3. The summed E-state index contributed by atoms with van der Waals surface area (Å²) in [5.74, 6) is 0.628. The van der Waals surface area contributed by atoms with Crippen molar-refractivity contribution in [1.82, 2.24) is 4.90 Å². The van der Waals surface area contributed by atoms with Gasteiger partial charge in [-0.2, -0.15) is 0 Å². The second-order valence-corrected chi connectivity index (χ2v) is 5.94. The number of hydrogen-bond acceptors (Lipinski definition) is 3. The fourth-order valence-corrected chi connectivity index (χ4v) is 2.47. The topological polar surface area (TPSA) is 78.9 Å². The summed E-state index contributed by atoms with van der Waals surface area (Å²) in [7, 11) is 1.81. The minimum atomic E-state index is -0.952. The number of carbonyl (C=O) groups is 1. The van der Waals surface area contributed by atoms with Crippen molar-refractivity contribution in [2.45, 2.75) is 52.5 Å². The second-order valence-electron chi connectivity index (χ2n) is 5.94. The van der Waals surface area contributed by atoms with E-state index in [1.807, 2.05) is 7.05 Å². The Hall–Kier alpha value is -1.26. The summed E-state index contributed by atoms with van der Waals surface area (Å²) in [5.41, 5.74) is 4.64. The molecule has 0 spiro atoms. The lowest BCUT2D eigenvalue weighted by atomic mass is 9.84. The summed E-state index contributed by atoms with van der Waals surface area (Å²) >= 11 is 0. The van der Waals surface area contributed by atoms with E-state index < -0.39 is 5.41 Å². The third-order valence-corrected chi connectivity index (χ3v) is 4.14. The molecule has 1 aliphatic carbocycles. The van der Waals surface area contributed by atoms with Crippen molar-refractivity contribution in [3.8, 4) is 0 Å². The van der Waals surface area contributed by atoms with Crippen molar-refractivity contribution >= 4 is 11.7 Å². The Kier molecular flexibility index (Phi) is 4.59. The molecule has 0 aromatic carbocycles. The average Bonchev–Trinajstić information content (AvgIpc) is 2.36. The van der Waals surface area contributed by atoms with E-state index in [1.54, 1.807) is 18.7 Å². The first-order chi connectivity index (χ1) is 8.30. The maximum atomic E-state index is 12.4. The molecule has 1 rings (SSSR count). The molecule has 0 heterocycles. The van der Waals surface area contributed by atoms with Gasteiger partial charge in [-0.3, -0.25) is 4.79 Å². The lowest BCUT2D eigenvalue weighted by Crippen LogP contribution is -2.50. The Bertz CT molecular complexity index is 331. The van der Waals surface area contributed by atoms with Gasteiger partial charge in [-0.05, 0) is 45.4 Å². The molecule has 0 saturated heterocycles. The summed E-state index contributed by atoms with van der Waals surface area (Å²) in [4.78, 5) is 14.2. The van der Waals surface area contributed by atoms with Gasteiger partial charge in [0.25, 0.3) is 0 Å². The lowest BCUT2D eigenvalue weighted by molar-refractivity contribution is -0.138. The third-order valence-electron chi connectivity index (χ3n) is 4.14. The van der Waals surface area contributed by atoms with Crippen molar-refractivity contribution in [2.24, 2.45) is 22.2 Å². The van der Waals surface area contributed by atoms with Crippen LogP contribution in [-0.2, 0) is 4.79 Å². The molecular formula is C13H25N3O2. The Morgan fingerprint density at radius 2 is 1.83 bits per heavy atom. The van der Waals surface area contributed by atoms with Crippen LogP contribution in [0.25, 0.3) is 0 Å². The van der Waals surface area contributed by atoms with Gasteiger partial charge in [0, 0.05) is 13.1 Å². The fraction of sp³-hybridized carbons (Fsp3) is 0.846. The van der Waals surface area contributed by atoms with Crippen LogP contribution in [0.15, 0.2) is 5.16 Å². The maximum absolute atomic E-state index is 12.4. The van der Waals surface area contributed by atoms with Crippen LogP contribution in [0.4, 0.5) is 0 Å². The summed E-state index contributed by atoms with van der Waals surface area (Å²) in [6.07, 6.45) is 4.39. The number of hydrogen-bond donors (Lipinski definition) is 2. The number of nitrogens with zero attached hydrogens (tertiary/aromatic N) is 2. The molecular weight excluding hydrogens is 230 g/mol. The van der Waals surface area contributed by atoms with Gasteiger partial charge in [-0.15, -0.1) is 0 Å². The van der Waals surface area contributed by atoms with E-state index in [1.165, 1.54) is 0 Å². The predicted octanol–water partition coefficient (Wildman–Crippen LogP) is 1.80. The Labute approximate surface area is 109 Å². The van der Waals surface area contributed by atoms with Crippen LogP contribution in [-0.4, -0.2) is 34.9 Å². The Balaban J connectivity index is 2.72. The molecule has 0 aliphatic heterocycles. The highest BCUT2D eigenvalue weighted by molar-refractivity contribution is 6.05. The molecule has 0 bridgehead atoms. The number of oxime groups is 1. The molecule has 1 aliphatic rings. The molecule has 1 fully saturated rings. The van der Waals surface area contributed by atoms with Gasteiger partial charge in [-0.25, -0.2) is 0 Å². The number of amidine groups is 1. The van der Waals surface area contributed by atoms with Crippen molar-refractivity contribution in [1.29, 1.82) is 0 Å². The number of carbonyl (C=O) groups excluding carboxylic acids is 1. The number of amides is 1. The van der Waals surface area contributed by atoms with Gasteiger partial charge < -0.3 is 15.8 Å². The predicted molar refractivity (Wildman–Crippen MR) is 71.4 cm³/mol. The normalized spacial score (nSPS) is 25.9. The molecule has 1 amide bonds. The fourth-order valence-electron chi connectivity index (χ4n) is 2.47. The highest BCUT2D eigenvalue weighted by Crippen LogP contribution is 2.29. The molecule has 3 N–H and O–H groups in total. The zero-order valence-electron chi connectivity index (χ0n) is 11.8. The highest BCUT2D eigenvalue weighted by Gasteiger charge is 2.38. The molecule has 0 aromatic rings. The zero-order valence-corrected chi connectivity index (χ0v) is 11.8.